The van der Waals surface area contributed by atoms with E-state index >= 15 is 0 Å². The maximum Gasteiger partial charge on any atom is 0.212 e. The van der Waals surface area contributed by atoms with Gasteiger partial charge in [-0.05, 0) is 6.07 Å². The fourth-order valence-corrected chi connectivity index (χ4v) is 1.50. The summed E-state index contributed by atoms with van der Waals surface area (Å²) in [4.78, 5) is 4.13. The summed E-state index contributed by atoms with van der Waals surface area (Å²) >= 11 is 0. The molecule has 2 heterocycles. The van der Waals surface area contributed by atoms with Crippen LogP contribution in [0.3, 0.4) is 0 Å². The third-order valence-electron chi connectivity index (χ3n) is 2.57. The first kappa shape index (κ1) is 10.6. The Labute approximate surface area is 94.0 Å². The number of hydrogen-bond acceptors (Lipinski definition) is 5. The monoisotopic (exact) mass is 218 g/mol. The number of aromatic nitrogens is 1. The molecule has 0 aromatic carbocycles. The predicted octanol–water partition coefficient (Wildman–Crippen LogP) is 1.19. The van der Waals surface area contributed by atoms with E-state index in [4.69, 9.17) is 10.5 Å². The van der Waals surface area contributed by atoms with E-state index in [1.807, 2.05) is 19.1 Å². The first-order valence-corrected chi connectivity index (χ1v) is 5.11. The minimum Gasteiger partial charge on any atom is -0.481 e. The van der Waals surface area contributed by atoms with Gasteiger partial charge >= 0.3 is 0 Å². The van der Waals surface area contributed by atoms with Gasteiger partial charge < -0.3 is 10.5 Å². The third-order valence-corrected chi connectivity index (χ3v) is 2.57. The summed E-state index contributed by atoms with van der Waals surface area (Å²) in [5, 5.41) is 8.02. The molecule has 0 radical (unpaired) electrons. The van der Waals surface area contributed by atoms with Gasteiger partial charge in [-0.25, -0.2) is 4.98 Å². The van der Waals surface area contributed by atoms with Crippen LogP contribution >= 0.6 is 0 Å². The molecule has 2 rings (SSSR count). The van der Waals surface area contributed by atoms with Crippen LogP contribution in [0, 0.1) is 5.92 Å². The zero-order valence-electron chi connectivity index (χ0n) is 9.34. The van der Waals surface area contributed by atoms with Gasteiger partial charge in [0.25, 0.3) is 0 Å². The normalized spacial score (nSPS) is 20.0. The van der Waals surface area contributed by atoms with Gasteiger partial charge in [-0.15, -0.1) is 5.10 Å². The average Bonchev–Trinajstić information content (AvgIpc) is 2.33. The van der Waals surface area contributed by atoms with Gasteiger partial charge in [-0.2, -0.15) is 5.10 Å². The van der Waals surface area contributed by atoms with Crippen molar-refractivity contribution in [2.45, 2.75) is 13.3 Å². The van der Waals surface area contributed by atoms with Gasteiger partial charge in [0.2, 0.25) is 5.88 Å². The van der Waals surface area contributed by atoms with Crippen LogP contribution in [0.1, 0.15) is 18.9 Å². The lowest BCUT2D eigenvalue weighted by Crippen LogP contribution is -2.26. The summed E-state index contributed by atoms with van der Waals surface area (Å²) in [6, 6.07) is 3.73. The second-order valence-electron chi connectivity index (χ2n) is 3.77. The minimum atomic E-state index is 0.231. The van der Waals surface area contributed by atoms with Crippen LogP contribution in [0.4, 0.5) is 0 Å². The number of nitrogens with zero attached hydrogens (tertiary/aromatic N) is 3. The van der Waals surface area contributed by atoms with Crippen molar-refractivity contribution >= 4 is 11.5 Å². The Kier molecular flexibility index (Phi) is 2.85. The maximum absolute atomic E-state index is 5.67. The Morgan fingerprint density at radius 3 is 2.75 bits per heavy atom. The van der Waals surface area contributed by atoms with E-state index in [1.165, 1.54) is 0 Å². The van der Waals surface area contributed by atoms with Gasteiger partial charge in [0.15, 0.2) is 0 Å². The predicted molar refractivity (Wildman–Crippen MR) is 62.7 cm³/mol. The molecule has 0 fully saturated rings. The van der Waals surface area contributed by atoms with Gasteiger partial charge in [-0.1, -0.05) is 6.92 Å². The molecule has 1 aliphatic heterocycles. The van der Waals surface area contributed by atoms with E-state index in [1.54, 1.807) is 13.3 Å². The Bertz CT molecular complexity index is 436. The van der Waals surface area contributed by atoms with Crippen LogP contribution in [0.2, 0.25) is 0 Å². The molecule has 0 saturated carbocycles. The highest BCUT2D eigenvalue weighted by molar-refractivity contribution is 6.04. The van der Waals surface area contributed by atoms with Crippen molar-refractivity contribution in [1.29, 1.82) is 0 Å². The molecule has 84 valence electrons. The summed E-state index contributed by atoms with van der Waals surface area (Å²) in [6.45, 7) is 2.03. The smallest absolute Gasteiger partial charge is 0.212 e. The van der Waals surface area contributed by atoms with E-state index < -0.39 is 0 Å². The summed E-state index contributed by atoms with van der Waals surface area (Å²) in [5.74, 6) is 1.41. The molecule has 5 heteroatoms. The Hall–Kier alpha value is -1.91. The lowest BCUT2D eigenvalue weighted by Gasteiger charge is -2.15. The highest BCUT2D eigenvalue weighted by Gasteiger charge is 2.17. The molecule has 0 amide bonds. The van der Waals surface area contributed by atoms with Crippen molar-refractivity contribution in [3.05, 3.63) is 23.9 Å². The number of amidine groups is 1. The maximum atomic E-state index is 5.67. The van der Waals surface area contributed by atoms with Crippen LogP contribution in [-0.2, 0) is 0 Å². The molecule has 0 spiro atoms. The quantitative estimate of drug-likeness (QED) is 0.810. The second-order valence-corrected chi connectivity index (χ2v) is 3.77. The van der Waals surface area contributed by atoms with Gasteiger partial charge in [-0.3, -0.25) is 0 Å². The molecule has 1 aromatic rings. The molecule has 0 saturated heterocycles. The van der Waals surface area contributed by atoms with Crippen molar-refractivity contribution < 1.29 is 4.74 Å². The van der Waals surface area contributed by atoms with Crippen LogP contribution in [0.5, 0.6) is 5.88 Å². The zero-order chi connectivity index (χ0) is 11.5. The molecule has 2 N–H and O–H groups in total. The Morgan fingerprint density at radius 2 is 2.19 bits per heavy atom. The first-order chi connectivity index (χ1) is 7.70. The highest BCUT2D eigenvalue weighted by atomic mass is 16.5. The number of methoxy groups -OCH3 is 1. The Balaban J connectivity index is 2.25. The summed E-state index contributed by atoms with van der Waals surface area (Å²) in [6.07, 6.45) is 2.53. The number of ether oxygens (including phenoxy) is 1. The topological polar surface area (TPSA) is 72.9 Å². The minimum absolute atomic E-state index is 0.231. The van der Waals surface area contributed by atoms with Gasteiger partial charge in [0.05, 0.1) is 12.8 Å². The van der Waals surface area contributed by atoms with Gasteiger partial charge in [0.1, 0.15) is 5.84 Å². The average molecular weight is 218 g/mol. The van der Waals surface area contributed by atoms with E-state index in [0.717, 1.165) is 17.7 Å². The molecular formula is C11H14N4O. The highest BCUT2D eigenvalue weighted by Crippen LogP contribution is 2.16. The van der Waals surface area contributed by atoms with Crippen molar-refractivity contribution in [2.24, 2.45) is 21.9 Å². The fraction of sp³-hybridized carbons (Fsp3) is 0.364. The summed E-state index contributed by atoms with van der Waals surface area (Å²) in [7, 11) is 1.59. The van der Waals surface area contributed by atoms with E-state index in [0.29, 0.717) is 11.7 Å². The molecule has 1 unspecified atom stereocenters. The van der Waals surface area contributed by atoms with E-state index in [9.17, 15) is 0 Å². The molecule has 16 heavy (non-hydrogen) atoms. The second kappa shape index (κ2) is 4.30. The molecule has 1 aliphatic rings. The number of nitrogens with two attached hydrogens (primary N) is 1. The fourth-order valence-electron chi connectivity index (χ4n) is 1.50. The molecular weight excluding hydrogens is 204 g/mol. The van der Waals surface area contributed by atoms with Crippen LogP contribution in [0.15, 0.2) is 28.5 Å². The summed E-state index contributed by atoms with van der Waals surface area (Å²) in [5.41, 5.74) is 7.55. The first-order valence-electron chi connectivity index (χ1n) is 5.11. The Morgan fingerprint density at radius 1 is 1.38 bits per heavy atom. The number of hydrogen-bond donors (Lipinski definition) is 1. The molecule has 1 aromatic heterocycles. The van der Waals surface area contributed by atoms with E-state index in [2.05, 4.69) is 15.2 Å². The van der Waals surface area contributed by atoms with Crippen LogP contribution in [-0.4, -0.2) is 23.6 Å². The molecule has 0 aliphatic carbocycles. The zero-order valence-corrected chi connectivity index (χ0v) is 9.34. The van der Waals surface area contributed by atoms with Crippen molar-refractivity contribution in [3.63, 3.8) is 0 Å². The SMILES string of the molecule is COc1ccc(C2=NN=C(N)C(C)C2)cn1. The van der Waals surface area contributed by atoms with Crippen molar-refractivity contribution in [1.82, 2.24) is 4.98 Å². The van der Waals surface area contributed by atoms with E-state index in [-0.39, 0.29) is 5.92 Å². The standard InChI is InChI=1S/C11H14N4O/c1-7-5-9(14-15-11(7)12)8-3-4-10(16-2)13-6-8/h3-4,6-7H,5H2,1-2H3,(H2,12,15). The van der Waals surface area contributed by atoms with Crippen molar-refractivity contribution in [2.75, 3.05) is 7.11 Å². The summed E-state index contributed by atoms with van der Waals surface area (Å²) < 4.78 is 5.00. The third kappa shape index (κ3) is 2.03. The number of rotatable bonds is 2. The largest absolute Gasteiger partial charge is 0.481 e. The van der Waals surface area contributed by atoms with Gasteiger partial charge in [0, 0.05) is 30.2 Å². The van der Waals surface area contributed by atoms with Crippen molar-refractivity contribution in [3.8, 4) is 5.88 Å². The van der Waals surface area contributed by atoms with Crippen LogP contribution in [0.25, 0.3) is 0 Å². The number of pyridine rings is 1. The van der Waals surface area contributed by atoms with Crippen LogP contribution < -0.4 is 10.5 Å². The molecule has 0 bridgehead atoms. The lowest BCUT2D eigenvalue weighted by atomic mass is 9.98. The lowest BCUT2D eigenvalue weighted by molar-refractivity contribution is 0.398. The molecule has 5 nitrogen and oxygen atoms in total. The molecule has 1 atom stereocenters.